The van der Waals surface area contributed by atoms with Gasteiger partial charge in [-0.25, -0.2) is 0 Å². The molecule has 4 heteroatoms. The van der Waals surface area contributed by atoms with Crippen LogP contribution in [-0.4, -0.2) is 46.8 Å². The maximum absolute atomic E-state index is 5.92. The molecule has 0 spiro atoms. The summed E-state index contributed by atoms with van der Waals surface area (Å²) in [5.74, 6) is 0.895. The molecule has 0 amide bonds. The van der Waals surface area contributed by atoms with Gasteiger partial charge < -0.3 is 18.9 Å². The van der Waals surface area contributed by atoms with Crippen LogP contribution in [0, 0.1) is 20.8 Å². The van der Waals surface area contributed by atoms with E-state index in [-0.39, 0.29) is 0 Å². The molecule has 0 fully saturated rings. The van der Waals surface area contributed by atoms with E-state index in [0.717, 1.165) is 11.3 Å². The van der Waals surface area contributed by atoms with Crippen LogP contribution in [0.3, 0.4) is 0 Å². The highest BCUT2D eigenvalue weighted by molar-refractivity contribution is 5.97. The molecule has 30 heavy (non-hydrogen) atoms. The van der Waals surface area contributed by atoms with Gasteiger partial charge in [-0.3, -0.25) is 0 Å². The van der Waals surface area contributed by atoms with Crippen molar-refractivity contribution in [2.45, 2.75) is 20.8 Å². The van der Waals surface area contributed by atoms with Crippen LogP contribution in [0.25, 0.3) is 21.9 Å². The maximum atomic E-state index is 5.92. The smallest absolute Gasteiger partial charge is 0.122 e. The highest BCUT2D eigenvalue weighted by atomic mass is 16.6. The van der Waals surface area contributed by atoms with E-state index in [1.54, 1.807) is 7.11 Å². The summed E-state index contributed by atoms with van der Waals surface area (Å²) in [5, 5.41) is 2.56. The fourth-order valence-corrected chi connectivity index (χ4v) is 3.51. The van der Waals surface area contributed by atoms with Crippen LogP contribution in [0.2, 0.25) is 0 Å². The Labute approximate surface area is 179 Å². The fourth-order valence-electron chi connectivity index (χ4n) is 3.51. The first kappa shape index (κ1) is 22.3. The van der Waals surface area contributed by atoms with E-state index in [2.05, 4.69) is 69.3 Å². The molecule has 3 aromatic rings. The van der Waals surface area contributed by atoms with E-state index < -0.39 is 0 Å². The minimum Gasteiger partial charge on any atom is -0.491 e. The molecule has 0 N–H and O–H groups in total. The molecule has 0 saturated heterocycles. The van der Waals surface area contributed by atoms with Crippen molar-refractivity contribution in [1.29, 1.82) is 0 Å². The van der Waals surface area contributed by atoms with Crippen molar-refractivity contribution in [3.8, 4) is 16.9 Å². The van der Waals surface area contributed by atoms with Gasteiger partial charge in [0, 0.05) is 7.11 Å². The lowest BCUT2D eigenvalue weighted by atomic mass is 9.94. The normalized spacial score (nSPS) is 11.2. The Morgan fingerprint density at radius 3 is 2.13 bits per heavy atom. The Morgan fingerprint density at radius 2 is 1.40 bits per heavy atom. The van der Waals surface area contributed by atoms with E-state index in [1.165, 1.54) is 33.0 Å². The number of hydrogen-bond acceptors (Lipinski definition) is 4. The molecule has 0 bridgehead atoms. The van der Waals surface area contributed by atoms with Crippen LogP contribution in [0.1, 0.15) is 16.7 Å². The largest absolute Gasteiger partial charge is 0.491 e. The zero-order valence-corrected chi connectivity index (χ0v) is 18.5. The summed E-state index contributed by atoms with van der Waals surface area (Å²) in [5.41, 5.74) is 6.14. The van der Waals surface area contributed by atoms with Crippen molar-refractivity contribution >= 4 is 10.8 Å². The molecular weight excluding hydrogens is 376 g/mol. The zero-order chi connectivity index (χ0) is 21.3. The van der Waals surface area contributed by atoms with Crippen LogP contribution >= 0.6 is 0 Å². The average Bonchev–Trinajstić information content (AvgIpc) is 2.73. The molecule has 0 heterocycles. The van der Waals surface area contributed by atoms with Gasteiger partial charge in [-0.2, -0.15) is 0 Å². The summed E-state index contributed by atoms with van der Waals surface area (Å²) in [6.45, 7) is 9.77. The van der Waals surface area contributed by atoms with Crippen molar-refractivity contribution in [3.63, 3.8) is 0 Å². The first-order chi connectivity index (χ1) is 14.6. The lowest BCUT2D eigenvalue weighted by Crippen LogP contribution is -2.12. The molecule has 0 saturated carbocycles. The van der Waals surface area contributed by atoms with Gasteiger partial charge in [-0.1, -0.05) is 42.0 Å². The standard InChI is InChI=1S/C26H32O4/c1-19-5-6-22-15-20(2)17-25(24(22)16-19)23-7-8-26(21(3)18-23)30-14-13-29-12-11-28-10-9-27-4/h5-8,15-18H,9-14H2,1-4H3. The maximum Gasteiger partial charge on any atom is 0.122 e. The lowest BCUT2D eigenvalue weighted by Gasteiger charge is -2.14. The van der Waals surface area contributed by atoms with Crippen LogP contribution in [-0.2, 0) is 14.2 Å². The highest BCUT2D eigenvalue weighted by Gasteiger charge is 2.08. The summed E-state index contributed by atoms with van der Waals surface area (Å²) < 4.78 is 21.8. The Morgan fingerprint density at radius 1 is 0.667 bits per heavy atom. The minimum atomic E-state index is 0.519. The Balaban J connectivity index is 1.60. The predicted molar refractivity (Wildman–Crippen MR) is 123 cm³/mol. The number of aryl methyl sites for hydroxylation is 3. The SMILES string of the molecule is COCCOCCOCCOc1ccc(-c2cc(C)cc3ccc(C)cc23)cc1C. The van der Waals surface area contributed by atoms with Crippen molar-refractivity contribution in [1.82, 2.24) is 0 Å². The van der Waals surface area contributed by atoms with Crippen molar-refractivity contribution in [3.05, 3.63) is 65.2 Å². The molecule has 0 unspecified atom stereocenters. The topological polar surface area (TPSA) is 36.9 Å². The van der Waals surface area contributed by atoms with Crippen LogP contribution in [0.5, 0.6) is 5.75 Å². The fraction of sp³-hybridized carbons (Fsp3) is 0.385. The van der Waals surface area contributed by atoms with E-state index >= 15 is 0 Å². The van der Waals surface area contributed by atoms with Crippen molar-refractivity contribution < 1.29 is 18.9 Å². The number of hydrogen-bond donors (Lipinski definition) is 0. The monoisotopic (exact) mass is 408 g/mol. The summed E-state index contributed by atoms with van der Waals surface area (Å²) in [6.07, 6.45) is 0. The Bertz CT molecular complexity index is 965. The number of benzene rings is 3. The van der Waals surface area contributed by atoms with Crippen molar-refractivity contribution in [2.75, 3.05) is 46.8 Å². The second-order valence-electron chi connectivity index (χ2n) is 7.58. The second-order valence-corrected chi connectivity index (χ2v) is 7.58. The van der Waals surface area contributed by atoms with Gasteiger partial charge in [-0.05, 0) is 65.9 Å². The number of rotatable bonds is 11. The Kier molecular flexibility index (Phi) is 8.26. The van der Waals surface area contributed by atoms with Gasteiger partial charge in [-0.15, -0.1) is 0 Å². The lowest BCUT2D eigenvalue weighted by molar-refractivity contribution is 0.0179. The molecule has 3 aromatic carbocycles. The third kappa shape index (κ3) is 6.05. The molecule has 0 aliphatic carbocycles. The van der Waals surface area contributed by atoms with Gasteiger partial charge in [0.1, 0.15) is 12.4 Å². The predicted octanol–water partition coefficient (Wildman–Crippen LogP) is 5.49. The number of methoxy groups -OCH3 is 1. The molecule has 4 nitrogen and oxygen atoms in total. The van der Waals surface area contributed by atoms with E-state index in [9.17, 15) is 0 Å². The third-order valence-corrected chi connectivity index (χ3v) is 5.03. The van der Waals surface area contributed by atoms with Crippen molar-refractivity contribution in [2.24, 2.45) is 0 Å². The second kappa shape index (κ2) is 11.1. The molecule has 0 aromatic heterocycles. The van der Waals surface area contributed by atoms with Crippen LogP contribution < -0.4 is 4.74 Å². The zero-order valence-electron chi connectivity index (χ0n) is 18.5. The summed E-state index contributed by atoms with van der Waals surface area (Å²) in [7, 11) is 1.66. The summed E-state index contributed by atoms with van der Waals surface area (Å²) in [4.78, 5) is 0. The van der Waals surface area contributed by atoms with Gasteiger partial charge in [0.2, 0.25) is 0 Å². The van der Waals surface area contributed by atoms with Crippen LogP contribution in [0.4, 0.5) is 0 Å². The number of ether oxygens (including phenoxy) is 4. The first-order valence-electron chi connectivity index (χ1n) is 10.5. The van der Waals surface area contributed by atoms with Gasteiger partial charge in [0.25, 0.3) is 0 Å². The molecule has 3 rings (SSSR count). The van der Waals surface area contributed by atoms with Gasteiger partial charge in [0.05, 0.1) is 33.0 Å². The molecular formula is C26H32O4. The Hall–Kier alpha value is -2.40. The van der Waals surface area contributed by atoms with Crippen LogP contribution in [0.15, 0.2) is 48.5 Å². The summed E-state index contributed by atoms with van der Waals surface area (Å²) in [6, 6.07) is 17.5. The minimum absolute atomic E-state index is 0.519. The molecule has 0 atom stereocenters. The number of fused-ring (bicyclic) bond motifs is 1. The highest BCUT2D eigenvalue weighted by Crippen LogP contribution is 2.33. The first-order valence-corrected chi connectivity index (χ1v) is 10.5. The van der Waals surface area contributed by atoms with E-state index in [0.29, 0.717) is 39.6 Å². The average molecular weight is 409 g/mol. The quantitative estimate of drug-likeness (QED) is 0.393. The van der Waals surface area contributed by atoms with E-state index in [1.807, 2.05) is 0 Å². The van der Waals surface area contributed by atoms with Gasteiger partial charge in [0.15, 0.2) is 0 Å². The molecule has 160 valence electrons. The molecule has 0 aliphatic rings. The third-order valence-electron chi connectivity index (χ3n) is 5.03. The van der Waals surface area contributed by atoms with Gasteiger partial charge >= 0.3 is 0 Å². The van der Waals surface area contributed by atoms with E-state index in [4.69, 9.17) is 18.9 Å². The summed E-state index contributed by atoms with van der Waals surface area (Å²) >= 11 is 0. The molecule has 0 radical (unpaired) electrons. The molecule has 0 aliphatic heterocycles.